The van der Waals surface area contributed by atoms with E-state index in [1.807, 2.05) is 73.7 Å². The summed E-state index contributed by atoms with van der Waals surface area (Å²) in [6.07, 6.45) is 0.463. The van der Waals surface area contributed by atoms with Gasteiger partial charge in [0, 0.05) is 0 Å². The molecule has 3 nitrogen and oxygen atoms in total. The lowest BCUT2D eigenvalue weighted by atomic mass is 9.90. The van der Waals surface area contributed by atoms with Crippen molar-refractivity contribution < 1.29 is 14.6 Å². The molecule has 0 heterocycles. The zero-order chi connectivity index (χ0) is 16.9. The van der Waals surface area contributed by atoms with E-state index in [-0.39, 0.29) is 0 Å². The summed E-state index contributed by atoms with van der Waals surface area (Å²) in [5.41, 5.74) is 1.84. The van der Waals surface area contributed by atoms with Crippen LogP contribution in [-0.2, 0) is 11.2 Å². The van der Waals surface area contributed by atoms with Crippen LogP contribution in [-0.4, -0.2) is 17.7 Å². The van der Waals surface area contributed by atoms with Crippen molar-refractivity contribution in [2.24, 2.45) is 0 Å². The van der Waals surface area contributed by atoms with Crippen molar-refractivity contribution >= 4 is 16.7 Å². The molecule has 0 fully saturated rings. The molecular formula is C21H20O3. The molecule has 0 saturated carbocycles. The molecule has 0 amide bonds. The Bertz CT molecular complexity index is 832. The second-order valence-corrected chi connectivity index (χ2v) is 5.74. The highest BCUT2D eigenvalue weighted by molar-refractivity contribution is 5.86. The van der Waals surface area contributed by atoms with Crippen molar-refractivity contribution in [3.05, 3.63) is 77.9 Å². The third-order valence-electron chi connectivity index (χ3n) is 4.20. The summed E-state index contributed by atoms with van der Waals surface area (Å²) in [5, 5.41) is 11.9. The summed E-state index contributed by atoms with van der Waals surface area (Å²) in [6.45, 7) is 2.52. The van der Waals surface area contributed by atoms with Gasteiger partial charge < -0.3 is 9.84 Å². The average Bonchev–Trinajstić information content (AvgIpc) is 2.60. The maximum atomic E-state index is 11.8. The standard InChI is InChI=1S/C21H20O3/c1-2-24-18-12-10-16(11-13-18)20(21(22)23)14-17-8-5-7-15-6-3-4-9-19(15)17/h3-13,20H,2,14H2,1H3,(H,22,23). The third-order valence-corrected chi connectivity index (χ3v) is 4.20. The number of ether oxygens (including phenoxy) is 1. The topological polar surface area (TPSA) is 46.5 Å². The first-order valence-electron chi connectivity index (χ1n) is 8.11. The monoisotopic (exact) mass is 320 g/mol. The summed E-state index contributed by atoms with van der Waals surface area (Å²) < 4.78 is 5.43. The Labute approximate surface area is 141 Å². The van der Waals surface area contributed by atoms with Gasteiger partial charge in [-0.1, -0.05) is 54.6 Å². The number of carboxylic acids is 1. The number of hydrogen-bond donors (Lipinski definition) is 1. The van der Waals surface area contributed by atoms with Crippen LogP contribution in [0.25, 0.3) is 10.8 Å². The first-order valence-corrected chi connectivity index (χ1v) is 8.11. The van der Waals surface area contributed by atoms with Gasteiger partial charge in [0.25, 0.3) is 0 Å². The summed E-state index contributed by atoms with van der Waals surface area (Å²) >= 11 is 0. The van der Waals surface area contributed by atoms with E-state index >= 15 is 0 Å². The molecule has 3 rings (SSSR count). The molecule has 0 aliphatic rings. The molecule has 0 aliphatic carbocycles. The van der Waals surface area contributed by atoms with E-state index in [0.29, 0.717) is 13.0 Å². The molecule has 1 unspecified atom stereocenters. The molecule has 0 aromatic heterocycles. The Balaban J connectivity index is 1.92. The van der Waals surface area contributed by atoms with Gasteiger partial charge >= 0.3 is 5.97 Å². The van der Waals surface area contributed by atoms with Gasteiger partial charge in [0.15, 0.2) is 0 Å². The number of benzene rings is 3. The molecule has 0 aliphatic heterocycles. The normalized spacial score (nSPS) is 12.0. The molecular weight excluding hydrogens is 300 g/mol. The van der Waals surface area contributed by atoms with Crippen LogP contribution in [0, 0.1) is 0 Å². The predicted molar refractivity (Wildman–Crippen MR) is 95.6 cm³/mol. The fourth-order valence-electron chi connectivity index (χ4n) is 3.00. The molecule has 0 spiro atoms. The highest BCUT2D eigenvalue weighted by Gasteiger charge is 2.21. The maximum Gasteiger partial charge on any atom is 0.311 e. The largest absolute Gasteiger partial charge is 0.494 e. The Morgan fingerprint density at radius 3 is 2.42 bits per heavy atom. The fourth-order valence-corrected chi connectivity index (χ4v) is 3.00. The van der Waals surface area contributed by atoms with E-state index in [0.717, 1.165) is 27.6 Å². The lowest BCUT2D eigenvalue weighted by Gasteiger charge is -2.15. The molecule has 24 heavy (non-hydrogen) atoms. The van der Waals surface area contributed by atoms with Gasteiger partial charge in [-0.3, -0.25) is 4.79 Å². The van der Waals surface area contributed by atoms with E-state index in [9.17, 15) is 9.90 Å². The van der Waals surface area contributed by atoms with E-state index in [1.54, 1.807) is 0 Å². The third kappa shape index (κ3) is 3.40. The van der Waals surface area contributed by atoms with E-state index in [4.69, 9.17) is 4.74 Å². The predicted octanol–water partition coefficient (Wildman–Crippen LogP) is 4.65. The zero-order valence-electron chi connectivity index (χ0n) is 13.6. The molecule has 122 valence electrons. The van der Waals surface area contributed by atoms with Crippen LogP contribution < -0.4 is 4.74 Å². The number of fused-ring (bicyclic) bond motifs is 1. The molecule has 1 N–H and O–H groups in total. The van der Waals surface area contributed by atoms with Crippen LogP contribution in [0.1, 0.15) is 24.0 Å². The molecule has 1 atom stereocenters. The van der Waals surface area contributed by atoms with Crippen molar-refractivity contribution in [3.8, 4) is 5.75 Å². The van der Waals surface area contributed by atoms with Crippen LogP contribution in [0.4, 0.5) is 0 Å². The van der Waals surface area contributed by atoms with Gasteiger partial charge in [-0.2, -0.15) is 0 Å². The van der Waals surface area contributed by atoms with Crippen molar-refractivity contribution in [2.75, 3.05) is 6.61 Å². The summed E-state index contributed by atoms with van der Waals surface area (Å²) in [6, 6.07) is 21.5. The second kappa shape index (κ2) is 7.18. The minimum Gasteiger partial charge on any atom is -0.494 e. The minimum absolute atomic E-state index is 0.463. The summed E-state index contributed by atoms with van der Waals surface area (Å²) in [4.78, 5) is 11.8. The maximum absolute atomic E-state index is 11.8. The van der Waals surface area contributed by atoms with Gasteiger partial charge in [0.2, 0.25) is 0 Å². The van der Waals surface area contributed by atoms with E-state index < -0.39 is 11.9 Å². The second-order valence-electron chi connectivity index (χ2n) is 5.74. The smallest absolute Gasteiger partial charge is 0.311 e. The van der Waals surface area contributed by atoms with E-state index in [1.165, 1.54) is 0 Å². The lowest BCUT2D eigenvalue weighted by molar-refractivity contribution is -0.138. The van der Waals surface area contributed by atoms with Crippen molar-refractivity contribution in [1.82, 2.24) is 0 Å². The molecule has 3 aromatic carbocycles. The van der Waals surface area contributed by atoms with Crippen LogP contribution in [0.2, 0.25) is 0 Å². The van der Waals surface area contributed by atoms with Crippen LogP contribution in [0.3, 0.4) is 0 Å². The van der Waals surface area contributed by atoms with Crippen LogP contribution in [0.5, 0.6) is 5.75 Å². The highest BCUT2D eigenvalue weighted by Crippen LogP contribution is 2.27. The first-order chi connectivity index (χ1) is 11.7. The van der Waals surface area contributed by atoms with Gasteiger partial charge in [0.05, 0.1) is 12.5 Å². The summed E-state index contributed by atoms with van der Waals surface area (Å²) in [5.74, 6) is -0.630. The van der Waals surface area contributed by atoms with Gasteiger partial charge in [0.1, 0.15) is 5.75 Å². The minimum atomic E-state index is -0.813. The zero-order valence-corrected chi connectivity index (χ0v) is 13.6. The Morgan fingerprint density at radius 1 is 1.00 bits per heavy atom. The van der Waals surface area contributed by atoms with Crippen molar-refractivity contribution in [3.63, 3.8) is 0 Å². The molecule has 0 radical (unpaired) electrons. The van der Waals surface area contributed by atoms with Gasteiger partial charge in [-0.05, 0) is 47.4 Å². The van der Waals surface area contributed by atoms with Gasteiger partial charge in [-0.15, -0.1) is 0 Å². The first kappa shape index (κ1) is 16.1. The SMILES string of the molecule is CCOc1ccc(C(Cc2cccc3ccccc23)C(=O)O)cc1. The lowest BCUT2D eigenvalue weighted by Crippen LogP contribution is -2.14. The number of rotatable bonds is 6. The number of carboxylic acid groups (broad SMARTS) is 1. The van der Waals surface area contributed by atoms with Crippen molar-refractivity contribution in [2.45, 2.75) is 19.3 Å². The van der Waals surface area contributed by atoms with E-state index in [2.05, 4.69) is 0 Å². The van der Waals surface area contributed by atoms with Crippen LogP contribution >= 0.6 is 0 Å². The molecule has 0 bridgehead atoms. The number of hydrogen-bond acceptors (Lipinski definition) is 2. The molecule has 0 saturated heterocycles. The van der Waals surface area contributed by atoms with Gasteiger partial charge in [-0.25, -0.2) is 0 Å². The molecule has 3 heteroatoms. The fraction of sp³-hybridized carbons (Fsp3) is 0.190. The number of aliphatic carboxylic acids is 1. The Kier molecular flexibility index (Phi) is 4.80. The molecule has 3 aromatic rings. The average molecular weight is 320 g/mol. The quantitative estimate of drug-likeness (QED) is 0.719. The Hall–Kier alpha value is -2.81. The van der Waals surface area contributed by atoms with Crippen LogP contribution in [0.15, 0.2) is 66.7 Å². The highest BCUT2D eigenvalue weighted by atomic mass is 16.5. The van der Waals surface area contributed by atoms with Crippen molar-refractivity contribution in [1.29, 1.82) is 0 Å². The summed E-state index contributed by atoms with van der Waals surface area (Å²) in [7, 11) is 0. The number of carbonyl (C=O) groups is 1. The Morgan fingerprint density at radius 2 is 1.71 bits per heavy atom.